The third-order valence-electron chi connectivity index (χ3n) is 2.43. The molecule has 0 bridgehead atoms. The van der Waals surface area contributed by atoms with Crippen molar-refractivity contribution in [3.05, 3.63) is 41.2 Å². The van der Waals surface area contributed by atoms with Gasteiger partial charge in [-0.3, -0.25) is 0 Å². The molecular weight excluding hydrogens is 224 g/mol. The molecule has 0 aliphatic rings. The summed E-state index contributed by atoms with van der Waals surface area (Å²) in [5.74, 6) is 0. The van der Waals surface area contributed by atoms with E-state index in [1.54, 1.807) is 4.68 Å². The van der Waals surface area contributed by atoms with Crippen molar-refractivity contribution in [3.63, 3.8) is 0 Å². The lowest BCUT2D eigenvalue weighted by atomic mass is 10.2. The first-order chi connectivity index (χ1) is 7.72. The third kappa shape index (κ3) is 2.08. The third-order valence-corrected chi connectivity index (χ3v) is 2.75. The summed E-state index contributed by atoms with van der Waals surface area (Å²) in [6.45, 7) is 2.01. The Morgan fingerprint density at radius 1 is 1.44 bits per heavy atom. The Morgan fingerprint density at radius 3 is 2.88 bits per heavy atom. The molecule has 1 atom stereocenters. The summed E-state index contributed by atoms with van der Waals surface area (Å²) in [4.78, 5) is 0. The van der Waals surface area contributed by atoms with Gasteiger partial charge in [-0.1, -0.05) is 35.9 Å². The standard InChI is InChI=1S/C11H13ClN4/c1-2-9(13)10-7-16(15-14-10)11-6-4-3-5-8(11)12/h3-7,9H,2,13H2,1H3. The Kier molecular flexibility index (Phi) is 3.22. The lowest BCUT2D eigenvalue weighted by Crippen LogP contribution is -2.08. The molecule has 0 spiro atoms. The molecule has 1 heterocycles. The summed E-state index contributed by atoms with van der Waals surface area (Å²) in [5.41, 5.74) is 7.47. The van der Waals surface area contributed by atoms with E-state index >= 15 is 0 Å². The van der Waals surface area contributed by atoms with Crippen molar-refractivity contribution in [2.75, 3.05) is 0 Å². The second-order valence-electron chi connectivity index (χ2n) is 3.55. The van der Waals surface area contributed by atoms with Crippen LogP contribution >= 0.6 is 11.6 Å². The van der Waals surface area contributed by atoms with E-state index in [9.17, 15) is 0 Å². The number of hydrogen-bond donors (Lipinski definition) is 1. The van der Waals surface area contributed by atoms with Gasteiger partial charge in [0.25, 0.3) is 0 Å². The number of aromatic nitrogens is 3. The minimum Gasteiger partial charge on any atom is -0.323 e. The van der Waals surface area contributed by atoms with Crippen molar-refractivity contribution in [3.8, 4) is 5.69 Å². The van der Waals surface area contributed by atoms with Gasteiger partial charge < -0.3 is 5.73 Å². The summed E-state index contributed by atoms with van der Waals surface area (Å²) < 4.78 is 1.65. The highest BCUT2D eigenvalue weighted by molar-refractivity contribution is 6.32. The Bertz CT molecular complexity index is 480. The monoisotopic (exact) mass is 236 g/mol. The Balaban J connectivity index is 2.35. The van der Waals surface area contributed by atoms with Crippen molar-refractivity contribution < 1.29 is 0 Å². The topological polar surface area (TPSA) is 56.7 Å². The van der Waals surface area contributed by atoms with Crippen LogP contribution < -0.4 is 5.73 Å². The maximum Gasteiger partial charge on any atom is 0.0998 e. The summed E-state index contributed by atoms with van der Waals surface area (Å²) in [7, 11) is 0. The van der Waals surface area contributed by atoms with E-state index in [4.69, 9.17) is 17.3 Å². The number of para-hydroxylation sites is 1. The fourth-order valence-electron chi connectivity index (χ4n) is 1.41. The summed E-state index contributed by atoms with van der Waals surface area (Å²) >= 11 is 6.06. The normalized spacial score (nSPS) is 12.7. The van der Waals surface area contributed by atoms with Gasteiger partial charge in [0.05, 0.1) is 28.6 Å². The van der Waals surface area contributed by atoms with E-state index < -0.39 is 0 Å². The average Bonchev–Trinajstić information content (AvgIpc) is 2.78. The van der Waals surface area contributed by atoms with Gasteiger partial charge in [-0.05, 0) is 18.6 Å². The van der Waals surface area contributed by atoms with Crippen LogP contribution in [0.3, 0.4) is 0 Å². The lowest BCUT2D eigenvalue weighted by Gasteiger charge is -2.03. The van der Waals surface area contributed by atoms with Gasteiger partial charge in [-0.15, -0.1) is 5.10 Å². The van der Waals surface area contributed by atoms with Crippen molar-refractivity contribution in [1.82, 2.24) is 15.0 Å². The first kappa shape index (κ1) is 11.1. The number of rotatable bonds is 3. The summed E-state index contributed by atoms with van der Waals surface area (Å²) in [5, 5.41) is 8.69. The van der Waals surface area contributed by atoms with Crippen LogP contribution in [0.4, 0.5) is 0 Å². The molecule has 84 valence electrons. The molecule has 0 saturated heterocycles. The van der Waals surface area contributed by atoms with E-state index in [2.05, 4.69) is 10.3 Å². The molecule has 16 heavy (non-hydrogen) atoms. The molecule has 0 aliphatic carbocycles. The largest absolute Gasteiger partial charge is 0.323 e. The zero-order chi connectivity index (χ0) is 11.5. The molecule has 0 radical (unpaired) electrons. The Morgan fingerprint density at radius 2 is 2.19 bits per heavy atom. The van der Waals surface area contributed by atoms with Crippen molar-refractivity contribution in [1.29, 1.82) is 0 Å². The second kappa shape index (κ2) is 4.63. The second-order valence-corrected chi connectivity index (χ2v) is 3.96. The molecule has 1 aromatic heterocycles. The molecule has 1 unspecified atom stereocenters. The van der Waals surface area contributed by atoms with Crippen molar-refractivity contribution >= 4 is 11.6 Å². The minimum atomic E-state index is -0.0729. The first-order valence-corrected chi connectivity index (χ1v) is 5.53. The number of nitrogens with zero attached hydrogens (tertiary/aromatic N) is 3. The molecular formula is C11H13ClN4. The van der Waals surface area contributed by atoms with Crippen LogP contribution in [0.5, 0.6) is 0 Å². The van der Waals surface area contributed by atoms with E-state index in [1.807, 2.05) is 37.4 Å². The van der Waals surface area contributed by atoms with E-state index in [-0.39, 0.29) is 6.04 Å². The Hall–Kier alpha value is -1.39. The predicted octanol–water partition coefficient (Wildman–Crippen LogP) is 2.33. The number of halogens is 1. The molecule has 2 rings (SSSR count). The smallest absolute Gasteiger partial charge is 0.0998 e. The number of benzene rings is 1. The summed E-state index contributed by atoms with van der Waals surface area (Å²) in [6, 6.07) is 7.41. The van der Waals surface area contributed by atoms with Crippen LogP contribution in [0.1, 0.15) is 25.1 Å². The molecule has 0 amide bonds. The van der Waals surface area contributed by atoms with E-state index in [0.717, 1.165) is 17.8 Å². The molecule has 0 aliphatic heterocycles. The minimum absolute atomic E-state index is 0.0729. The molecule has 5 heteroatoms. The quantitative estimate of drug-likeness (QED) is 0.890. The van der Waals surface area contributed by atoms with Crippen molar-refractivity contribution in [2.45, 2.75) is 19.4 Å². The zero-order valence-electron chi connectivity index (χ0n) is 8.97. The SMILES string of the molecule is CCC(N)c1cn(-c2ccccc2Cl)nn1. The molecule has 2 N–H and O–H groups in total. The Labute approximate surface area is 99.0 Å². The van der Waals surface area contributed by atoms with Gasteiger partial charge in [0.2, 0.25) is 0 Å². The van der Waals surface area contributed by atoms with Gasteiger partial charge in [0.15, 0.2) is 0 Å². The lowest BCUT2D eigenvalue weighted by molar-refractivity contribution is 0.670. The van der Waals surface area contributed by atoms with Gasteiger partial charge in [0, 0.05) is 0 Å². The highest BCUT2D eigenvalue weighted by Gasteiger charge is 2.10. The summed E-state index contributed by atoms with van der Waals surface area (Å²) in [6.07, 6.45) is 2.65. The van der Waals surface area contributed by atoms with E-state index in [0.29, 0.717) is 5.02 Å². The molecule has 0 fully saturated rings. The maximum absolute atomic E-state index is 6.06. The van der Waals surface area contributed by atoms with Gasteiger partial charge >= 0.3 is 0 Å². The molecule has 4 nitrogen and oxygen atoms in total. The van der Waals surface area contributed by atoms with Crippen LogP contribution in [-0.4, -0.2) is 15.0 Å². The molecule has 0 saturated carbocycles. The van der Waals surface area contributed by atoms with Crippen molar-refractivity contribution in [2.24, 2.45) is 5.73 Å². The van der Waals surface area contributed by atoms with Crippen LogP contribution in [-0.2, 0) is 0 Å². The highest BCUT2D eigenvalue weighted by atomic mass is 35.5. The fourth-order valence-corrected chi connectivity index (χ4v) is 1.63. The zero-order valence-corrected chi connectivity index (χ0v) is 9.72. The fraction of sp³-hybridized carbons (Fsp3) is 0.273. The number of hydrogen-bond acceptors (Lipinski definition) is 3. The van der Waals surface area contributed by atoms with Gasteiger partial charge in [0.1, 0.15) is 0 Å². The molecule has 2 aromatic rings. The predicted molar refractivity (Wildman–Crippen MR) is 63.6 cm³/mol. The maximum atomic E-state index is 6.06. The van der Waals surface area contributed by atoms with Crippen LogP contribution in [0, 0.1) is 0 Å². The number of nitrogens with two attached hydrogens (primary N) is 1. The average molecular weight is 237 g/mol. The van der Waals surface area contributed by atoms with E-state index in [1.165, 1.54) is 0 Å². The van der Waals surface area contributed by atoms with Crippen LogP contribution in [0.2, 0.25) is 5.02 Å². The van der Waals surface area contributed by atoms with Gasteiger partial charge in [-0.2, -0.15) is 0 Å². The van der Waals surface area contributed by atoms with Gasteiger partial charge in [-0.25, -0.2) is 4.68 Å². The first-order valence-electron chi connectivity index (χ1n) is 5.15. The van der Waals surface area contributed by atoms with Crippen LogP contribution in [0.25, 0.3) is 5.69 Å². The molecule has 1 aromatic carbocycles. The highest BCUT2D eigenvalue weighted by Crippen LogP contribution is 2.20. The van der Waals surface area contributed by atoms with Crippen LogP contribution in [0.15, 0.2) is 30.5 Å².